The molecule has 0 atom stereocenters. The van der Waals surface area contributed by atoms with E-state index in [0.717, 1.165) is 0 Å². The van der Waals surface area contributed by atoms with Gasteiger partial charge in [0.15, 0.2) is 0 Å². The molecule has 0 bridgehead atoms. The van der Waals surface area contributed by atoms with E-state index in [4.69, 9.17) is 4.10 Å². The molecule has 0 aromatic carbocycles. The SMILES string of the molecule is CO[AsH](=O)OC.C[As](C)(=O)O. The van der Waals surface area contributed by atoms with Crippen molar-refractivity contribution in [2.75, 3.05) is 14.2 Å². The molecule has 0 radical (unpaired) electrons. The van der Waals surface area contributed by atoms with Gasteiger partial charge in [0.2, 0.25) is 0 Å². The molecule has 0 heterocycles. The molecule has 0 saturated heterocycles. The van der Waals surface area contributed by atoms with Gasteiger partial charge in [-0.25, -0.2) is 0 Å². The summed E-state index contributed by atoms with van der Waals surface area (Å²) in [5.74, 6) is 0. The molecule has 5 nitrogen and oxygen atoms in total. The van der Waals surface area contributed by atoms with Crippen LogP contribution in [-0.2, 0) is 14.9 Å². The van der Waals surface area contributed by atoms with Crippen LogP contribution in [0.3, 0.4) is 0 Å². The van der Waals surface area contributed by atoms with Gasteiger partial charge in [0, 0.05) is 0 Å². The quantitative estimate of drug-likeness (QED) is 0.697. The van der Waals surface area contributed by atoms with Crippen LogP contribution in [0.5, 0.6) is 0 Å². The molecule has 0 aromatic heterocycles. The van der Waals surface area contributed by atoms with E-state index in [1.165, 1.54) is 25.6 Å². The number of hydrogen-bond donors (Lipinski definition) is 1. The molecule has 7 heteroatoms. The number of rotatable bonds is 2. The first-order valence-electron chi connectivity index (χ1n) is 2.71. The van der Waals surface area contributed by atoms with Crippen LogP contribution in [0.15, 0.2) is 0 Å². The van der Waals surface area contributed by atoms with Gasteiger partial charge in [-0.15, -0.1) is 0 Å². The molecule has 0 aliphatic rings. The second kappa shape index (κ2) is 7.26. The molecule has 70 valence electrons. The maximum atomic E-state index is 9.99. The molecule has 11 heavy (non-hydrogen) atoms. The van der Waals surface area contributed by atoms with Crippen molar-refractivity contribution in [2.24, 2.45) is 0 Å². The fraction of sp³-hybridized carbons (Fsp3) is 1.00. The van der Waals surface area contributed by atoms with Crippen LogP contribution in [0.25, 0.3) is 0 Å². The second-order valence-corrected chi connectivity index (χ2v) is 10.1. The van der Waals surface area contributed by atoms with Crippen molar-refractivity contribution < 1.29 is 19.0 Å². The van der Waals surface area contributed by atoms with Gasteiger partial charge in [0.05, 0.1) is 0 Å². The Bertz CT molecular complexity index is 136. The first-order chi connectivity index (χ1) is 4.81. The Hall–Kier alpha value is 0.597. The summed E-state index contributed by atoms with van der Waals surface area (Å²) in [6, 6.07) is 0. The molecular weight excluding hydrogens is 278 g/mol. The summed E-state index contributed by atoms with van der Waals surface area (Å²) >= 11 is -5.75. The molecule has 0 spiro atoms. The van der Waals surface area contributed by atoms with Crippen LogP contribution in [0.1, 0.15) is 0 Å². The third-order valence-corrected chi connectivity index (χ3v) is 1.73. The molecule has 0 fully saturated rings. The zero-order valence-electron chi connectivity index (χ0n) is 7.03. The normalized spacial score (nSPS) is 10.7. The van der Waals surface area contributed by atoms with Gasteiger partial charge in [0.25, 0.3) is 0 Å². The van der Waals surface area contributed by atoms with Gasteiger partial charge in [-0.3, -0.25) is 0 Å². The van der Waals surface area contributed by atoms with E-state index in [0.29, 0.717) is 0 Å². The van der Waals surface area contributed by atoms with Crippen molar-refractivity contribution >= 4 is 29.1 Å². The molecule has 0 aliphatic heterocycles. The Balaban J connectivity index is 0. The summed E-state index contributed by atoms with van der Waals surface area (Å²) < 4.78 is 36.5. The molecule has 1 N–H and O–H groups in total. The predicted molar refractivity (Wildman–Crippen MR) is 42.2 cm³/mol. The van der Waals surface area contributed by atoms with Gasteiger partial charge in [-0.2, -0.15) is 0 Å². The monoisotopic (exact) mass is 292 g/mol. The van der Waals surface area contributed by atoms with E-state index in [1.807, 2.05) is 0 Å². The zero-order valence-corrected chi connectivity index (χ0v) is 11.0. The van der Waals surface area contributed by atoms with Crippen LogP contribution in [-0.4, -0.2) is 47.4 Å². The standard InChI is InChI=1S/C2H7AsO3.C2H7AsO2/c1-5-3(4)6-2;1-3(2,4)5/h3H,1-2H3;1-2H3,(H,4,5). The molecule has 0 rings (SSSR count). The minimum absolute atomic E-state index is 1.36. The summed E-state index contributed by atoms with van der Waals surface area (Å²) in [5.41, 5.74) is 2.72. The second-order valence-electron chi connectivity index (χ2n) is 1.95. The Morgan fingerprint density at radius 2 is 1.45 bits per heavy atom. The molecule has 0 saturated carbocycles. The molecule has 0 unspecified atom stereocenters. The summed E-state index contributed by atoms with van der Waals surface area (Å²) in [6.45, 7) is 0. The van der Waals surface area contributed by atoms with Gasteiger partial charge in [0.1, 0.15) is 0 Å². The Morgan fingerprint density at radius 1 is 1.27 bits per heavy atom. The van der Waals surface area contributed by atoms with Gasteiger partial charge in [-0.1, -0.05) is 0 Å². The van der Waals surface area contributed by atoms with E-state index in [1.54, 1.807) is 0 Å². The molecular formula is C4H14As2O5. The Kier molecular flexibility index (Phi) is 9.33. The van der Waals surface area contributed by atoms with Crippen LogP contribution in [0, 0.1) is 0 Å². The average molecular weight is 292 g/mol. The maximum absolute atomic E-state index is 9.99. The summed E-state index contributed by atoms with van der Waals surface area (Å²) in [5, 5.41) is 0. The van der Waals surface area contributed by atoms with Crippen LogP contribution < -0.4 is 0 Å². The molecule has 0 amide bonds. The Labute approximate surface area is 73.9 Å². The number of hydrogen-bond acceptors (Lipinski definition) is 4. The van der Waals surface area contributed by atoms with Crippen molar-refractivity contribution in [2.45, 2.75) is 11.4 Å². The third kappa shape index (κ3) is 37.1. The zero-order chi connectivity index (χ0) is 9.49. The first kappa shape index (κ1) is 14.1. The van der Waals surface area contributed by atoms with Crippen molar-refractivity contribution in [3.8, 4) is 0 Å². The van der Waals surface area contributed by atoms with Crippen molar-refractivity contribution in [3.63, 3.8) is 0 Å². The third-order valence-electron chi connectivity index (χ3n) is 0.333. The fourth-order valence-electron chi connectivity index (χ4n) is 0.0833. The van der Waals surface area contributed by atoms with Crippen molar-refractivity contribution in [3.05, 3.63) is 0 Å². The average Bonchev–Trinajstić information content (AvgIpc) is 1.83. The van der Waals surface area contributed by atoms with Crippen LogP contribution >= 0.6 is 0 Å². The van der Waals surface area contributed by atoms with Crippen molar-refractivity contribution in [1.29, 1.82) is 0 Å². The predicted octanol–water partition coefficient (Wildman–Crippen LogP) is -0.462. The van der Waals surface area contributed by atoms with Crippen molar-refractivity contribution in [1.82, 2.24) is 0 Å². The summed E-state index contributed by atoms with van der Waals surface area (Å²) in [6.07, 6.45) is 0. The van der Waals surface area contributed by atoms with E-state index >= 15 is 0 Å². The van der Waals surface area contributed by atoms with E-state index < -0.39 is 29.1 Å². The van der Waals surface area contributed by atoms with Gasteiger partial charge >= 0.3 is 73.8 Å². The topological polar surface area (TPSA) is 72.8 Å². The fourth-order valence-corrected chi connectivity index (χ4v) is 0.433. The van der Waals surface area contributed by atoms with E-state index in [2.05, 4.69) is 7.45 Å². The summed E-state index contributed by atoms with van der Waals surface area (Å²) in [7, 11) is 2.73. The Morgan fingerprint density at radius 3 is 1.45 bits per heavy atom. The molecule has 0 aromatic rings. The van der Waals surface area contributed by atoms with E-state index in [9.17, 15) is 7.48 Å². The summed E-state index contributed by atoms with van der Waals surface area (Å²) in [4.78, 5) is 0. The minimum atomic E-state index is -3.12. The molecule has 0 aliphatic carbocycles. The van der Waals surface area contributed by atoms with Gasteiger partial charge < -0.3 is 0 Å². The van der Waals surface area contributed by atoms with Crippen LogP contribution in [0.2, 0.25) is 11.4 Å². The first-order valence-corrected chi connectivity index (χ1v) is 10.6. The van der Waals surface area contributed by atoms with E-state index in [-0.39, 0.29) is 0 Å². The van der Waals surface area contributed by atoms with Crippen LogP contribution in [0.4, 0.5) is 0 Å². The van der Waals surface area contributed by atoms with Gasteiger partial charge in [-0.05, 0) is 0 Å².